The van der Waals surface area contributed by atoms with Crippen LogP contribution in [0.2, 0.25) is 6.82 Å². The van der Waals surface area contributed by atoms with Gasteiger partial charge >= 0.3 is 0 Å². The molecule has 0 aromatic rings. The molecule has 0 aromatic heterocycles. The lowest BCUT2D eigenvalue weighted by molar-refractivity contribution is 0.551. The minimum Gasteiger partial charge on any atom is -0.346 e. The normalized spacial score (nSPS) is 13.7. The van der Waals surface area contributed by atoms with E-state index >= 15 is 0 Å². The average molecular weight is 309 g/mol. The van der Waals surface area contributed by atoms with Gasteiger partial charge in [0.05, 0.1) is 0 Å². The standard InChI is InChI=1S/C21H32BN/c1-9-13-15-16-18(5)22(7)20(11-3)21(12-4)23(8)19(6)17-14-10-2/h10-17H,2,6,9H2,1,3-5,7-8H3/b15-13-,17-14-,18-16+,20-11+,21-12+. The van der Waals surface area contributed by atoms with Crippen molar-refractivity contribution in [3.63, 3.8) is 0 Å². The zero-order valence-corrected chi connectivity index (χ0v) is 15.8. The molecule has 0 atom stereocenters. The third kappa shape index (κ3) is 6.77. The van der Waals surface area contributed by atoms with Gasteiger partial charge in [-0.1, -0.05) is 87.3 Å². The Bertz CT molecular complexity index is 544. The SMILES string of the molecule is C=C/C=C\C(=C)N(C)C(=C/C)/C(=C\C)B(C)/C(C)=C/C=C\CC. The lowest BCUT2D eigenvalue weighted by Gasteiger charge is -2.27. The van der Waals surface area contributed by atoms with Gasteiger partial charge in [0, 0.05) is 18.4 Å². The summed E-state index contributed by atoms with van der Waals surface area (Å²) in [6, 6.07) is 0. The number of likely N-dealkylation sites (N-methyl/N-ethyl adjacent to an activating group) is 1. The molecule has 0 aliphatic heterocycles. The molecular weight excluding hydrogens is 277 g/mol. The predicted octanol–water partition coefficient (Wildman–Crippen LogP) is 6.14. The van der Waals surface area contributed by atoms with Crippen molar-refractivity contribution < 1.29 is 0 Å². The fraction of sp³-hybridized carbons (Fsp3) is 0.333. The summed E-state index contributed by atoms with van der Waals surface area (Å²) in [5, 5.41) is 0. The minimum atomic E-state index is 0.353. The summed E-state index contributed by atoms with van der Waals surface area (Å²) in [6.45, 7) is 19.0. The maximum absolute atomic E-state index is 4.14. The Balaban J connectivity index is 5.44. The summed E-state index contributed by atoms with van der Waals surface area (Å²) < 4.78 is 0. The van der Waals surface area contributed by atoms with E-state index in [0.717, 1.165) is 12.1 Å². The van der Waals surface area contributed by atoms with Gasteiger partial charge in [0.2, 0.25) is 6.71 Å². The van der Waals surface area contributed by atoms with Gasteiger partial charge in [-0.25, -0.2) is 0 Å². The summed E-state index contributed by atoms with van der Waals surface area (Å²) in [5.41, 5.74) is 4.78. The van der Waals surface area contributed by atoms with E-state index in [2.05, 4.69) is 90.0 Å². The Hall–Kier alpha value is -1.96. The van der Waals surface area contributed by atoms with Crippen LogP contribution < -0.4 is 0 Å². The number of rotatable bonds is 9. The van der Waals surface area contributed by atoms with Crippen LogP contribution in [0.15, 0.2) is 84.1 Å². The van der Waals surface area contributed by atoms with Crippen LogP contribution >= 0.6 is 0 Å². The molecule has 0 saturated heterocycles. The van der Waals surface area contributed by atoms with Crippen LogP contribution in [0.4, 0.5) is 0 Å². The third-order valence-electron chi connectivity index (χ3n) is 3.98. The first-order valence-corrected chi connectivity index (χ1v) is 8.32. The van der Waals surface area contributed by atoms with Crippen molar-refractivity contribution in [1.29, 1.82) is 0 Å². The second kappa shape index (κ2) is 11.6. The van der Waals surface area contributed by atoms with Crippen LogP contribution in [0.25, 0.3) is 0 Å². The molecule has 0 fully saturated rings. The van der Waals surface area contributed by atoms with E-state index in [1.165, 1.54) is 16.6 Å². The quantitative estimate of drug-likeness (QED) is 0.365. The maximum atomic E-state index is 4.14. The molecule has 0 radical (unpaired) electrons. The van der Waals surface area contributed by atoms with Gasteiger partial charge in [0.25, 0.3) is 0 Å². The fourth-order valence-corrected chi connectivity index (χ4v) is 2.36. The van der Waals surface area contributed by atoms with Crippen molar-refractivity contribution in [2.75, 3.05) is 7.05 Å². The molecule has 0 aliphatic carbocycles. The van der Waals surface area contributed by atoms with Gasteiger partial charge in [-0.15, -0.1) is 0 Å². The van der Waals surface area contributed by atoms with E-state index in [1.54, 1.807) is 6.08 Å². The Morgan fingerprint density at radius 1 is 1.17 bits per heavy atom. The van der Waals surface area contributed by atoms with Crippen molar-refractivity contribution >= 4 is 6.71 Å². The molecule has 0 rings (SSSR count). The molecule has 124 valence electrons. The fourth-order valence-electron chi connectivity index (χ4n) is 2.36. The first kappa shape index (κ1) is 21.0. The van der Waals surface area contributed by atoms with E-state index < -0.39 is 0 Å². The second-order valence-corrected chi connectivity index (χ2v) is 5.53. The van der Waals surface area contributed by atoms with Gasteiger partial charge in [-0.3, -0.25) is 0 Å². The molecule has 1 nitrogen and oxygen atoms in total. The van der Waals surface area contributed by atoms with E-state index in [4.69, 9.17) is 0 Å². The minimum absolute atomic E-state index is 0.353. The molecule has 0 unspecified atom stereocenters. The molecular formula is C21H32BN. The smallest absolute Gasteiger partial charge is 0.203 e. The summed E-state index contributed by atoms with van der Waals surface area (Å²) in [6.07, 6.45) is 17.6. The second-order valence-electron chi connectivity index (χ2n) is 5.53. The van der Waals surface area contributed by atoms with Gasteiger partial charge in [0.15, 0.2) is 0 Å². The van der Waals surface area contributed by atoms with E-state index in [1.807, 2.05) is 12.2 Å². The molecule has 2 heteroatoms. The van der Waals surface area contributed by atoms with E-state index in [-0.39, 0.29) is 0 Å². The average Bonchev–Trinajstić information content (AvgIpc) is 2.56. The highest BCUT2D eigenvalue weighted by molar-refractivity contribution is 6.73. The molecule has 0 aliphatic rings. The molecule has 0 bridgehead atoms. The predicted molar refractivity (Wildman–Crippen MR) is 109 cm³/mol. The molecule has 0 amide bonds. The highest BCUT2D eigenvalue weighted by atomic mass is 15.1. The van der Waals surface area contributed by atoms with E-state index in [9.17, 15) is 0 Å². The number of allylic oxidation sites excluding steroid dienone is 10. The topological polar surface area (TPSA) is 3.24 Å². The van der Waals surface area contributed by atoms with Gasteiger partial charge in [0.1, 0.15) is 0 Å². The highest BCUT2D eigenvalue weighted by Gasteiger charge is 2.20. The molecule has 0 saturated carbocycles. The van der Waals surface area contributed by atoms with Crippen LogP contribution in [-0.4, -0.2) is 18.7 Å². The van der Waals surface area contributed by atoms with Crippen molar-refractivity contribution in [1.82, 2.24) is 4.90 Å². The van der Waals surface area contributed by atoms with Crippen molar-refractivity contribution in [3.8, 4) is 0 Å². The van der Waals surface area contributed by atoms with Crippen LogP contribution in [0.1, 0.15) is 34.1 Å². The third-order valence-corrected chi connectivity index (χ3v) is 3.98. The Labute approximate surface area is 144 Å². The highest BCUT2D eigenvalue weighted by Crippen LogP contribution is 2.24. The summed E-state index contributed by atoms with van der Waals surface area (Å²) in [7, 11) is 2.05. The van der Waals surface area contributed by atoms with Crippen LogP contribution in [-0.2, 0) is 0 Å². The first-order chi connectivity index (χ1) is 10.9. The van der Waals surface area contributed by atoms with Gasteiger partial charge in [-0.2, -0.15) is 0 Å². The largest absolute Gasteiger partial charge is 0.346 e. The van der Waals surface area contributed by atoms with Gasteiger partial charge in [-0.05, 0) is 26.3 Å². The Kier molecular flexibility index (Phi) is 10.6. The number of hydrogen-bond donors (Lipinski definition) is 0. The molecule has 0 N–H and O–H groups in total. The first-order valence-electron chi connectivity index (χ1n) is 8.32. The summed E-state index contributed by atoms with van der Waals surface area (Å²) in [4.78, 5) is 2.13. The molecule has 0 heterocycles. The van der Waals surface area contributed by atoms with Crippen molar-refractivity contribution in [2.45, 2.75) is 40.9 Å². The van der Waals surface area contributed by atoms with Gasteiger partial charge < -0.3 is 4.90 Å². The van der Waals surface area contributed by atoms with Crippen molar-refractivity contribution in [2.24, 2.45) is 0 Å². The maximum Gasteiger partial charge on any atom is 0.203 e. The van der Waals surface area contributed by atoms with Crippen LogP contribution in [0.5, 0.6) is 0 Å². The summed E-state index contributed by atoms with van der Waals surface area (Å²) in [5.74, 6) is 0. The lowest BCUT2D eigenvalue weighted by Crippen LogP contribution is -2.25. The van der Waals surface area contributed by atoms with Crippen LogP contribution in [0, 0.1) is 0 Å². The zero-order chi connectivity index (χ0) is 17.8. The Morgan fingerprint density at radius 2 is 1.83 bits per heavy atom. The zero-order valence-electron chi connectivity index (χ0n) is 15.8. The molecule has 0 spiro atoms. The van der Waals surface area contributed by atoms with E-state index in [0.29, 0.717) is 6.71 Å². The Morgan fingerprint density at radius 3 is 2.30 bits per heavy atom. The number of nitrogens with zero attached hydrogens (tertiary/aromatic N) is 1. The monoisotopic (exact) mass is 309 g/mol. The molecule has 0 aromatic carbocycles. The summed E-state index contributed by atoms with van der Waals surface area (Å²) >= 11 is 0. The lowest BCUT2D eigenvalue weighted by atomic mass is 9.40. The van der Waals surface area contributed by atoms with Crippen LogP contribution in [0.3, 0.4) is 0 Å². The number of hydrogen-bond acceptors (Lipinski definition) is 1. The van der Waals surface area contributed by atoms with Crippen molar-refractivity contribution in [3.05, 3.63) is 84.1 Å². The molecule has 23 heavy (non-hydrogen) atoms.